The molecule has 2 aromatic carbocycles. The van der Waals surface area contributed by atoms with Gasteiger partial charge in [0.15, 0.2) is 0 Å². The average Bonchev–Trinajstić information content (AvgIpc) is 2.50. The smallest absolute Gasteiger partial charge is 0.119 e. The fourth-order valence-electron chi connectivity index (χ4n) is 2.05. The number of halogens is 2. The molecule has 0 amide bonds. The van der Waals surface area contributed by atoms with E-state index in [2.05, 4.69) is 28.3 Å². The Kier molecular flexibility index (Phi) is 6.06. The van der Waals surface area contributed by atoms with E-state index in [0.29, 0.717) is 5.02 Å². The van der Waals surface area contributed by atoms with Crippen molar-refractivity contribution in [1.82, 2.24) is 5.43 Å². The van der Waals surface area contributed by atoms with Crippen LogP contribution in [-0.2, 0) is 0 Å². The van der Waals surface area contributed by atoms with Crippen LogP contribution in [0.1, 0.15) is 30.5 Å². The first-order valence-electron chi connectivity index (χ1n) is 6.79. The van der Waals surface area contributed by atoms with Gasteiger partial charge in [-0.1, -0.05) is 36.7 Å². The Bertz CT molecular complexity index is 589. The van der Waals surface area contributed by atoms with Crippen molar-refractivity contribution in [2.24, 2.45) is 5.84 Å². The Morgan fingerprint density at radius 3 is 2.43 bits per heavy atom. The van der Waals surface area contributed by atoms with E-state index in [9.17, 15) is 0 Å². The maximum Gasteiger partial charge on any atom is 0.119 e. The summed E-state index contributed by atoms with van der Waals surface area (Å²) in [4.78, 5) is 0. The number of rotatable bonds is 6. The summed E-state index contributed by atoms with van der Waals surface area (Å²) < 4.78 is 6.45. The summed E-state index contributed by atoms with van der Waals surface area (Å²) in [6.45, 7) is 2.81. The maximum atomic E-state index is 6.15. The van der Waals surface area contributed by atoms with Crippen LogP contribution in [0.5, 0.6) is 5.75 Å². The first-order valence-corrected chi connectivity index (χ1v) is 7.96. The molecule has 5 heteroatoms. The van der Waals surface area contributed by atoms with Crippen LogP contribution < -0.4 is 16.0 Å². The molecule has 0 bridgehead atoms. The number of benzene rings is 2. The molecule has 1 atom stereocenters. The Morgan fingerprint density at radius 1 is 1.19 bits per heavy atom. The van der Waals surface area contributed by atoms with Gasteiger partial charge in [0.2, 0.25) is 0 Å². The summed E-state index contributed by atoms with van der Waals surface area (Å²) in [5.41, 5.74) is 4.89. The average molecular weight is 370 g/mol. The zero-order chi connectivity index (χ0) is 15.2. The highest BCUT2D eigenvalue weighted by Gasteiger charge is 2.13. The predicted molar refractivity (Wildman–Crippen MR) is 90.5 cm³/mol. The van der Waals surface area contributed by atoms with Crippen molar-refractivity contribution in [3.05, 3.63) is 63.1 Å². The van der Waals surface area contributed by atoms with Gasteiger partial charge in [0.25, 0.3) is 0 Å². The van der Waals surface area contributed by atoms with Crippen LogP contribution in [0, 0.1) is 0 Å². The lowest BCUT2D eigenvalue weighted by Gasteiger charge is -2.18. The first kappa shape index (κ1) is 16.3. The summed E-state index contributed by atoms with van der Waals surface area (Å²) in [6, 6.07) is 13.6. The molecule has 0 aliphatic heterocycles. The van der Waals surface area contributed by atoms with E-state index in [1.165, 1.54) is 0 Å². The topological polar surface area (TPSA) is 47.3 Å². The highest BCUT2D eigenvalue weighted by atomic mass is 79.9. The maximum absolute atomic E-state index is 6.15. The van der Waals surface area contributed by atoms with E-state index in [4.69, 9.17) is 22.2 Å². The Morgan fingerprint density at radius 2 is 1.86 bits per heavy atom. The summed E-state index contributed by atoms with van der Waals surface area (Å²) in [6.07, 6.45) is 0.992. The molecule has 0 aliphatic rings. The second kappa shape index (κ2) is 7.80. The zero-order valence-corrected chi connectivity index (χ0v) is 14.1. The fraction of sp³-hybridized carbons (Fsp3) is 0.250. The van der Waals surface area contributed by atoms with E-state index >= 15 is 0 Å². The van der Waals surface area contributed by atoms with Gasteiger partial charge in [-0.15, -0.1) is 0 Å². The monoisotopic (exact) mass is 368 g/mol. The summed E-state index contributed by atoms with van der Waals surface area (Å²) in [5.74, 6) is 6.57. The van der Waals surface area contributed by atoms with Crippen LogP contribution in [0.4, 0.5) is 0 Å². The molecule has 0 saturated carbocycles. The standard InChI is InChI=1S/C16H18BrClN2O/c1-2-9-21-13-6-3-11(4-7-13)16(20-19)12-5-8-14(17)15(18)10-12/h3-8,10,16,20H,2,9,19H2,1H3. The number of hydrogen-bond acceptors (Lipinski definition) is 3. The lowest BCUT2D eigenvalue weighted by atomic mass is 9.99. The summed E-state index contributed by atoms with van der Waals surface area (Å²) in [5, 5.41) is 0.663. The molecule has 0 heterocycles. The van der Waals surface area contributed by atoms with E-state index < -0.39 is 0 Å². The lowest BCUT2D eigenvalue weighted by Crippen LogP contribution is -2.28. The number of nitrogens with one attached hydrogen (secondary N) is 1. The minimum absolute atomic E-state index is 0.115. The molecule has 0 spiro atoms. The molecule has 2 aromatic rings. The molecule has 112 valence electrons. The van der Waals surface area contributed by atoms with Gasteiger partial charge < -0.3 is 4.74 Å². The third-order valence-corrected chi connectivity index (χ3v) is 4.36. The van der Waals surface area contributed by atoms with Crippen molar-refractivity contribution in [1.29, 1.82) is 0 Å². The molecule has 3 nitrogen and oxygen atoms in total. The van der Waals surface area contributed by atoms with Gasteiger partial charge in [-0.2, -0.15) is 0 Å². The van der Waals surface area contributed by atoms with Gasteiger partial charge in [-0.05, 0) is 57.7 Å². The SMILES string of the molecule is CCCOc1ccc(C(NN)c2ccc(Br)c(Cl)c2)cc1. The number of hydrazine groups is 1. The minimum atomic E-state index is -0.115. The van der Waals surface area contributed by atoms with E-state index in [-0.39, 0.29) is 6.04 Å². The first-order chi connectivity index (χ1) is 10.2. The fourth-order valence-corrected chi connectivity index (χ4v) is 2.49. The Labute approximate surface area is 138 Å². The van der Waals surface area contributed by atoms with Crippen molar-refractivity contribution < 1.29 is 4.74 Å². The molecule has 0 aromatic heterocycles. The second-order valence-electron chi connectivity index (χ2n) is 4.69. The second-order valence-corrected chi connectivity index (χ2v) is 5.95. The van der Waals surface area contributed by atoms with Gasteiger partial charge in [-0.3, -0.25) is 5.84 Å². The third kappa shape index (κ3) is 4.20. The summed E-state index contributed by atoms with van der Waals surface area (Å²) >= 11 is 9.54. The Hall–Kier alpha value is -1.07. The molecular formula is C16H18BrClN2O. The van der Waals surface area contributed by atoms with Crippen LogP contribution in [0.25, 0.3) is 0 Å². The lowest BCUT2D eigenvalue weighted by molar-refractivity contribution is 0.317. The van der Waals surface area contributed by atoms with Crippen molar-refractivity contribution in [3.8, 4) is 5.75 Å². The van der Waals surface area contributed by atoms with Gasteiger partial charge in [0.1, 0.15) is 5.75 Å². The van der Waals surface area contributed by atoms with Crippen LogP contribution in [-0.4, -0.2) is 6.61 Å². The quantitative estimate of drug-likeness (QED) is 0.584. The highest BCUT2D eigenvalue weighted by Crippen LogP contribution is 2.29. The van der Waals surface area contributed by atoms with Gasteiger partial charge >= 0.3 is 0 Å². The molecule has 2 rings (SSSR count). The molecule has 1 unspecified atom stereocenters. The number of ether oxygens (including phenoxy) is 1. The Balaban J connectivity index is 2.22. The number of nitrogens with two attached hydrogens (primary N) is 1. The predicted octanol–water partition coefficient (Wildman–Crippen LogP) is 4.44. The highest BCUT2D eigenvalue weighted by molar-refractivity contribution is 9.10. The molecule has 0 aliphatic carbocycles. The summed E-state index contributed by atoms with van der Waals surface area (Å²) in [7, 11) is 0. The van der Waals surface area contributed by atoms with E-state index in [0.717, 1.165) is 34.4 Å². The molecule has 0 radical (unpaired) electrons. The van der Waals surface area contributed by atoms with Crippen molar-refractivity contribution >= 4 is 27.5 Å². The molecular weight excluding hydrogens is 352 g/mol. The normalized spacial score (nSPS) is 12.2. The van der Waals surface area contributed by atoms with Crippen LogP contribution in [0.2, 0.25) is 5.02 Å². The van der Waals surface area contributed by atoms with E-state index in [1.54, 1.807) is 0 Å². The minimum Gasteiger partial charge on any atom is -0.494 e. The van der Waals surface area contributed by atoms with Crippen molar-refractivity contribution in [2.75, 3.05) is 6.61 Å². The van der Waals surface area contributed by atoms with Gasteiger partial charge in [0, 0.05) is 4.47 Å². The van der Waals surface area contributed by atoms with E-state index in [1.807, 2.05) is 42.5 Å². The third-order valence-electron chi connectivity index (χ3n) is 3.13. The van der Waals surface area contributed by atoms with Crippen LogP contribution >= 0.6 is 27.5 Å². The van der Waals surface area contributed by atoms with Crippen molar-refractivity contribution in [2.45, 2.75) is 19.4 Å². The van der Waals surface area contributed by atoms with Crippen molar-refractivity contribution in [3.63, 3.8) is 0 Å². The van der Waals surface area contributed by atoms with Gasteiger partial charge in [-0.25, -0.2) is 5.43 Å². The molecule has 0 saturated heterocycles. The zero-order valence-electron chi connectivity index (χ0n) is 11.8. The molecule has 21 heavy (non-hydrogen) atoms. The van der Waals surface area contributed by atoms with Crippen LogP contribution in [0.15, 0.2) is 46.9 Å². The molecule has 0 fully saturated rings. The molecule has 3 N–H and O–H groups in total. The largest absolute Gasteiger partial charge is 0.494 e. The number of hydrogen-bond donors (Lipinski definition) is 2. The van der Waals surface area contributed by atoms with Crippen LogP contribution in [0.3, 0.4) is 0 Å². The van der Waals surface area contributed by atoms with Gasteiger partial charge in [0.05, 0.1) is 17.7 Å².